The number of sulfonamides is 1. The Balaban J connectivity index is 2.47. The minimum Gasteiger partial charge on any atom is -0.478 e. The van der Waals surface area contributed by atoms with Crippen molar-refractivity contribution in [1.82, 2.24) is 0 Å². The van der Waals surface area contributed by atoms with Crippen molar-refractivity contribution < 1.29 is 18.3 Å². The number of carboxylic acids is 1. The zero-order valence-electron chi connectivity index (χ0n) is 9.93. The predicted octanol–water partition coefficient (Wildman–Crippen LogP) is 4.32. The number of thiophene rings is 1. The number of rotatable bonds is 4. The maximum atomic E-state index is 12.2. The molecule has 1 aromatic carbocycles. The van der Waals surface area contributed by atoms with Crippen molar-refractivity contribution in [3.05, 3.63) is 43.7 Å². The van der Waals surface area contributed by atoms with Crippen molar-refractivity contribution in [2.75, 3.05) is 4.72 Å². The Morgan fingerprint density at radius 3 is 2.48 bits per heavy atom. The number of hydrogen-bond donors (Lipinski definition) is 2. The van der Waals surface area contributed by atoms with Crippen molar-refractivity contribution in [2.45, 2.75) is 4.21 Å². The minimum atomic E-state index is -3.96. The Morgan fingerprint density at radius 1 is 1.29 bits per heavy atom. The van der Waals surface area contributed by atoms with Crippen LogP contribution in [0.4, 0.5) is 5.69 Å². The molecule has 0 spiro atoms. The van der Waals surface area contributed by atoms with Crippen LogP contribution in [0.3, 0.4) is 0 Å². The average molecular weight is 431 g/mol. The lowest BCUT2D eigenvalue weighted by molar-refractivity contribution is 0.0698. The van der Waals surface area contributed by atoms with Gasteiger partial charge in [0, 0.05) is 0 Å². The second-order valence-corrected chi connectivity index (χ2v) is 8.85. The number of benzene rings is 1. The molecule has 2 rings (SSSR count). The van der Waals surface area contributed by atoms with Gasteiger partial charge in [0.25, 0.3) is 10.0 Å². The van der Waals surface area contributed by atoms with Crippen molar-refractivity contribution >= 4 is 72.1 Å². The topological polar surface area (TPSA) is 83.5 Å². The molecule has 0 aliphatic carbocycles. The van der Waals surface area contributed by atoms with E-state index in [4.69, 9.17) is 28.3 Å². The largest absolute Gasteiger partial charge is 0.478 e. The molecule has 0 radical (unpaired) electrons. The van der Waals surface area contributed by atoms with Crippen LogP contribution in [0.25, 0.3) is 0 Å². The molecule has 0 bridgehead atoms. The summed E-state index contributed by atoms with van der Waals surface area (Å²) in [6.45, 7) is 0. The van der Waals surface area contributed by atoms with Crippen LogP contribution in [0.15, 0.2) is 32.3 Å². The predicted molar refractivity (Wildman–Crippen MR) is 86.2 cm³/mol. The highest BCUT2D eigenvalue weighted by atomic mass is 79.9. The highest BCUT2D eigenvalue weighted by Gasteiger charge is 2.23. The molecule has 10 heteroatoms. The van der Waals surface area contributed by atoms with Gasteiger partial charge in [0.15, 0.2) is 0 Å². The van der Waals surface area contributed by atoms with Crippen molar-refractivity contribution in [3.63, 3.8) is 0 Å². The normalized spacial score (nSPS) is 11.4. The van der Waals surface area contributed by atoms with E-state index in [1.807, 2.05) is 0 Å². The molecule has 2 aromatic rings. The second kappa shape index (κ2) is 6.13. The lowest BCUT2D eigenvalue weighted by Gasteiger charge is -2.10. The highest BCUT2D eigenvalue weighted by molar-refractivity contribution is 9.11. The van der Waals surface area contributed by atoms with Crippen LogP contribution in [-0.4, -0.2) is 19.5 Å². The lowest BCUT2D eigenvalue weighted by Crippen LogP contribution is -2.14. The summed E-state index contributed by atoms with van der Waals surface area (Å²) in [6, 6.07) is 5.39. The molecule has 0 fully saturated rings. The quantitative estimate of drug-likeness (QED) is 0.756. The first kappa shape index (κ1) is 16.6. The Bertz CT molecular complexity index is 800. The summed E-state index contributed by atoms with van der Waals surface area (Å²) in [7, 11) is -3.96. The fourth-order valence-electron chi connectivity index (χ4n) is 1.48. The summed E-state index contributed by atoms with van der Waals surface area (Å²) in [5, 5.41) is 9.31. The van der Waals surface area contributed by atoms with E-state index in [0.29, 0.717) is 3.79 Å². The first-order chi connectivity index (χ1) is 9.72. The van der Waals surface area contributed by atoms with Gasteiger partial charge in [-0.1, -0.05) is 29.3 Å². The van der Waals surface area contributed by atoms with Crippen LogP contribution < -0.4 is 4.72 Å². The fraction of sp³-hybridized carbons (Fsp3) is 0. The zero-order valence-corrected chi connectivity index (χ0v) is 14.7. The van der Waals surface area contributed by atoms with E-state index in [1.165, 1.54) is 24.3 Å². The number of aromatic carboxylic acids is 1. The van der Waals surface area contributed by atoms with Gasteiger partial charge < -0.3 is 5.11 Å². The number of carboxylic acid groups (broad SMARTS) is 1. The molecule has 5 nitrogen and oxygen atoms in total. The van der Waals surface area contributed by atoms with Gasteiger partial charge >= 0.3 is 5.97 Å². The van der Waals surface area contributed by atoms with E-state index >= 15 is 0 Å². The number of nitrogens with one attached hydrogen (secondary N) is 1. The summed E-state index contributed by atoms with van der Waals surface area (Å²) in [5.41, 5.74) is -0.430. The lowest BCUT2D eigenvalue weighted by atomic mass is 10.2. The third-order valence-electron chi connectivity index (χ3n) is 2.36. The van der Waals surface area contributed by atoms with E-state index in [0.717, 1.165) is 11.3 Å². The SMILES string of the molecule is O=C(O)c1c(Cl)cccc1NS(=O)(=O)c1cc(Cl)c(Br)s1. The molecule has 0 aliphatic heterocycles. The van der Waals surface area contributed by atoms with E-state index in [-0.39, 0.29) is 25.5 Å². The highest BCUT2D eigenvalue weighted by Crippen LogP contribution is 2.36. The molecule has 0 aliphatic rings. The van der Waals surface area contributed by atoms with Gasteiger partial charge in [-0.2, -0.15) is 0 Å². The molecule has 0 amide bonds. The van der Waals surface area contributed by atoms with E-state index < -0.39 is 16.0 Å². The summed E-state index contributed by atoms with van der Waals surface area (Å²) in [4.78, 5) is 11.2. The summed E-state index contributed by atoms with van der Waals surface area (Å²) in [5.74, 6) is -1.33. The van der Waals surface area contributed by atoms with Crippen LogP contribution >= 0.6 is 50.5 Å². The van der Waals surface area contributed by atoms with Gasteiger partial charge in [-0.05, 0) is 34.1 Å². The monoisotopic (exact) mass is 429 g/mol. The number of carbonyl (C=O) groups is 1. The Hall–Kier alpha value is -0.800. The van der Waals surface area contributed by atoms with E-state index in [2.05, 4.69) is 20.7 Å². The van der Waals surface area contributed by atoms with Gasteiger partial charge in [-0.15, -0.1) is 11.3 Å². The Labute approximate surface area is 142 Å². The first-order valence-corrected chi connectivity index (χ1v) is 9.06. The molecule has 1 aromatic heterocycles. The van der Waals surface area contributed by atoms with Gasteiger partial charge in [0.05, 0.1) is 19.5 Å². The fourth-order valence-corrected chi connectivity index (χ4v) is 5.21. The molecule has 0 saturated carbocycles. The van der Waals surface area contributed by atoms with Crippen molar-refractivity contribution in [1.29, 1.82) is 0 Å². The molecule has 112 valence electrons. The molecular formula is C11H6BrCl2NO4S2. The number of hydrogen-bond acceptors (Lipinski definition) is 4. The molecule has 2 N–H and O–H groups in total. The standard InChI is InChI=1S/C11H6BrCl2NO4S2/c12-10-6(14)4-8(20-10)21(18,19)15-7-3-1-2-5(13)9(7)11(16)17/h1-4,15H,(H,16,17). The zero-order chi connectivity index (χ0) is 15.8. The van der Waals surface area contributed by atoms with Crippen LogP contribution in [-0.2, 0) is 10.0 Å². The van der Waals surface area contributed by atoms with Crippen LogP contribution in [0.2, 0.25) is 10.0 Å². The summed E-state index contributed by atoms with van der Waals surface area (Å²) >= 11 is 15.6. The molecular weight excluding hydrogens is 425 g/mol. The van der Waals surface area contributed by atoms with Crippen molar-refractivity contribution in [3.8, 4) is 0 Å². The molecule has 0 atom stereocenters. The summed E-state index contributed by atoms with van der Waals surface area (Å²) in [6.07, 6.45) is 0. The molecule has 1 heterocycles. The van der Waals surface area contributed by atoms with Gasteiger partial charge in [-0.25, -0.2) is 13.2 Å². The Kier molecular flexibility index (Phi) is 4.84. The number of halogens is 3. The first-order valence-electron chi connectivity index (χ1n) is 5.22. The second-order valence-electron chi connectivity index (χ2n) is 3.76. The van der Waals surface area contributed by atoms with E-state index in [9.17, 15) is 13.2 Å². The van der Waals surface area contributed by atoms with E-state index in [1.54, 1.807) is 0 Å². The van der Waals surface area contributed by atoms with Crippen LogP contribution in [0.5, 0.6) is 0 Å². The molecule has 21 heavy (non-hydrogen) atoms. The molecule has 0 unspecified atom stereocenters. The maximum Gasteiger partial charge on any atom is 0.339 e. The van der Waals surface area contributed by atoms with Gasteiger partial charge in [-0.3, -0.25) is 4.72 Å². The van der Waals surface area contributed by atoms with Gasteiger partial charge in [0.2, 0.25) is 0 Å². The van der Waals surface area contributed by atoms with Gasteiger partial charge in [0.1, 0.15) is 9.77 Å². The minimum absolute atomic E-state index is 0.0457. The maximum absolute atomic E-state index is 12.2. The third kappa shape index (κ3) is 3.51. The Morgan fingerprint density at radius 2 is 1.95 bits per heavy atom. The summed E-state index contributed by atoms with van der Waals surface area (Å²) < 4.78 is 27.1. The smallest absolute Gasteiger partial charge is 0.339 e. The average Bonchev–Trinajstić information content (AvgIpc) is 2.69. The number of anilines is 1. The van der Waals surface area contributed by atoms with Crippen LogP contribution in [0.1, 0.15) is 10.4 Å². The third-order valence-corrected chi connectivity index (χ3v) is 6.99. The van der Waals surface area contributed by atoms with Crippen molar-refractivity contribution in [2.24, 2.45) is 0 Å². The van der Waals surface area contributed by atoms with Crippen LogP contribution in [0, 0.1) is 0 Å². The molecule has 0 saturated heterocycles.